The first-order chi connectivity index (χ1) is 11.4. The van der Waals surface area contributed by atoms with Crippen LogP contribution in [0.25, 0.3) is 0 Å². The summed E-state index contributed by atoms with van der Waals surface area (Å²) in [6.45, 7) is 0. The lowest BCUT2D eigenvalue weighted by Crippen LogP contribution is -2.53. The molecule has 0 saturated heterocycles. The van der Waals surface area contributed by atoms with Crippen LogP contribution in [0.5, 0.6) is 0 Å². The number of hydrogen-bond donors (Lipinski definition) is 1. The lowest BCUT2D eigenvalue weighted by Gasteiger charge is -2.60. The van der Waals surface area contributed by atoms with Crippen molar-refractivity contribution < 1.29 is 4.79 Å². The monoisotopic (exact) mass is 391 g/mol. The number of anilines is 2. The molecule has 4 aliphatic carbocycles. The van der Waals surface area contributed by atoms with Gasteiger partial charge in [0, 0.05) is 31.0 Å². The van der Waals surface area contributed by atoms with Gasteiger partial charge in [-0.15, -0.1) is 0 Å². The highest BCUT2D eigenvalue weighted by Gasteiger charge is 2.57. The van der Waals surface area contributed by atoms with E-state index in [1.807, 2.05) is 31.1 Å². The number of carbonyl (C=O) groups is 1. The summed E-state index contributed by atoms with van der Waals surface area (Å²) in [5.41, 5.74) is 1.02. The van der Waals surface area contributed by atoms with Crippen molar-refractivity contribution >= 4 is 33.3 Å². The fourth-order valence-corrected chi connectivity index (χ4v) is 7.44. The van der Waals surface area contributed by atoms with Crippen molar-refractivity contribution in [3.8, 4) is 0 Å². The van der Waals surface area contributed by atoms with Gasteiger partial charge >= 0.3 is 0 Å². The standard InChI is InChI=1S/C19H26BrN3O/c1-23(2)17-15(4-3-5-21-17)22-16(24)11-18-7-13-6-14(8-18)10-19(20,9-13)12-18/h3-5,13-14H,6-12H2,1-2H3,(H,22,24). The van der Waals surface area contributed by atoms with E-state index >= 15 is 0 Å². The molecule has 1 aromatic heterocycles. The average Bonchev–Trinajstić information content (AvgIpc) is 2.43. The Kier molecular flexibility index (Phi) is 3.90. The van der Waals surface area contributed by atoms with Gasteiger partial charge in [0.2, 0.25) is 5.91 Å². The Balaban J connectivity index is 1.49. The molecule has 1 heterocycles. The van der Waals surface area contributed by atoms with Crippen LogP contribution in [-0.2, 0) is 4.79 Å². The molecule has 4 saturated carbocycles. The van der Waals surface area contributed by atoms with Crippen molar-refractivity contribution in [1.82, 2.24) is 4.98 Å². The van der Waals surface area contributed by atoms with E-state index in [2.05, 4.69) is 26.2 Å². The second-order valence-electron chi connectivity index (χ2n) is 8.61. The van der Waals surface area contributed by atoms with Gasteiger partial charge in [0.15, 0.2) is 5.82 Å². The minimum absolute atomic E-state index is 0.143. The number of rotatable bonds is 4. The summed E-state index contributed by atoms with van der Waals surface area (Å²) in [6, 6.07) is 3.81. The van der Waals surface area contributed by atoms with Crippen LogP contribution in [-0.4, -0.2) is 29.3 Å². The summed E-state index contributed by atoms with van der Waals surface area (Å²) >= 11 is 4.03. The number of alkyl halides is 1. The number of aromatic nitrogens is 1. The summed E-state index contributed by atoms with van der Waals surface area (Å²) in [5.74, 6) is 2.58. The van der Waals surface area contributed by atoms with Crippen LogP contribution in [0.2, 0.25) is 0 Å². The number of pyridine rings is 1. The summed E-state index contributed by atoms with van der Waals surface area (Å²) in [7, 11) is 3.90. The summed E-state index contributed by atoms with van der Waals surface area (Å²) in [6.07, 6.45) is 10.0. The Morgan fingerprint density at radius 3 is 2.67 bits per heavy atom. The van der Waals surface area contributed by atoms with Crippen LogP contribution in [0.15, 0.2) is 18.3 Å². The molecule has 1 amide bonds. The third-order valence-electron chi connectivity index (χ3n) is 6.13. The SMILES string of the molecule is CN(C)c1ncccc1NC(=O)CC12CC3CC(CC(Br)(C3)C1)C2. The molecule has 1 aromatic rings. The molecule has 4 fully saturated rings. The molecular formula is C19H26BrN3O. The van der Waals surface area contributed by atoms with Crippen LogP contribution in [0.1, 0.15) is 44.9 Å². The highest BCUT2D eigenvalue weighted by molar-refractivity contribution is 9.10. The van der Waals surface area contributed by atoms with Gasteiger partial charge < -0.3 is 10.2 Å². The van der Waals surface area contributed by atoms with Crippen molar-refractivity contribution in [1.29, 1.82) is 0 Å². The fraction of sp³-hybridized carbons (Fsp3) is 0.684. The number of halogens is 1. The Hall–Kier alpha value is -1.10. The normalized spacial score (nSPS) is 36.6. The molecule has 2 atom stereocenters. The Morgan fingerprint density at radius 1 is 1.33 bits per heavy atom. The van der Waals surface area contributed by atoms with Gasteiger partial charge in [-0.1, -0.05) is 15.9 Å². The van der Waals surface area contributed by atoms with Crippen molar-refractivity contribution in [2.24, 2.45) is 17.3 Å². The van der Waals surface area contributed by atoms with Crippen molar-refractivity contribution in [3.63, 3.8) is 0 Å². The number of carbonyl (C=O) groups excluding carboxylic acids is 1. The summed E-state index contributed by atoms with van der Waals surface area (Å²) in [5, 5.41) is 3.12. The van der Waals surface area contributed by atoms with E-state index in [1.165, 1.54) is 32.1 Å². The van der Waals surface area contributed by atoms with Gasteiger partial charge in [0.25, 0.3) is 0 Å². The molecule has 4 bridgehead atoms. The second-order valence-corrected chi connectivity index (χ2v) is 10.3. The van der Waals surface area contributed by atoms with Gasteiger partial charge in [-0.3, -0.25) is 4.79 Å². The van der Waals surface area contributed by atoms with Crippen LogP contribution in [0.3, 0.4) is 0 Å². The predicted octanol–water partition coefficient (Wildman–Crippen LogP) is 4.21. The topological polar surface area (TPSA) is 45.2 Å². The van der Waals surface area contributed by atoms with Crippen LogP contribution in [0, 0.1) is 17.3 Å². The van der Waals surface area contributed by atoms with Gasteiger partial charge in [-0.25, -0.2) is 4.98 Å². The third kappa shape index (κ3) is 2.96. The minimum atomic E-state index is 0.143. The summed E-state index contributed by atoms with van der Waals surface area (Å²) < 4.78 is 0.306. The van der Waals surface area contributed by atoms with E-state index in [0.717, 1.165) is 29.8 Å². The second kappa shape index (κ2) is 5.72. The predicted molar refractivity (Wildman–Crippen MR) is 101 cm³/mol. The molecule has 0 aromatic carbocycles. The molecule has 5 rings (SSSR count). The number of hydrogen-bond acceptors (Lipinski definition) is 3. The smallest absolute Gasteiger partial charge is 0.225 e. The van der Waals surface area contributed by atoms with Crippen molar-refractivity contribution in [2.75, 3.05) is 24.3 Å². The Bertz CT molecular complexity index is 646. The van der Waals surface area contributed by atoms with E-state index in [1.54, 1.807) is 6.20 Å². The lowest BCUT2D eigenvalue weighted by molar-refractivity contribution is -0.123. The molecular weight excluding hydrogens is 366 g/mol. The molecule has 130 valence electrons. The quantitative estimate of drug-likeness (QED) is 0.781. The molecule has 4 aliphatic rings. The highest BCUT2D eigenvalue weighted by atomic mass is 79.9. The third-order valence-corrected chi connectivity index (χ3v) is 7.06. The zero-order valence-electron chi connectivity index (χ0n) is 14.5. The largest absolute Gasteiger partial charge is 0.361 e. The molecule has 24 heavy (non-hydrogen) atoms. The minimum Gasteiger partial charge on any atom is -0.361 e. The first-order valence-corrected chi connectivity index (χ1v) is 9.77. The van der Waals surface area contributed by atoms with Gasteiger partial charge in [0.1, 0.15) is 0 Å². The van der Waals surface area contributed by atoms with E-state index in [-0.39, 0.29) is 11.3 Å². The number of amides is 1. The van der Waals surface area contributed by atoms with E-state index in [0.29, 0.717) is 10.7 Å². The van der Waals surface area contributed by atoms with Crippen LogP contribution in [0.4, 0.5) is 11.5 Å². The van der Waals surface area contributed by atoms with E-state index < -0.39 is 0 Å². The molecule has 0 aliphatic heterocycles. The molecule has 4 nitrogen and oxygen atoms in total. The molecule has 5 heteroatoms. The molecule has 2 unspecified atom stereocenters. The lowest BCUT2D eigenvalue weighted by atomic mass is 9.48. The van der Waals surface area contributed by atoms with Gasteiger partial charge in [-0.05, 0) is 67.9 Å². The van der Waals surface area contributed by atoms with Gasteiger partial charge in [-0.2, -0.15) is 0 Å². The van der Waals surface area contributed by atoms with Crippen LogP contribution < -0.4 is 10.2 Å². The Morgan fingerprint density at radius 2 is 2.04 bits per heavy atom. The average molecular weight is 392 g/mol. The number of nitrogens with zero attached hydrogens (tertiary/aromatic N) is 2. The maximum absolute atomic E-state index is 12.8. The zero-order valence-corrected chi connectivity index (χ0v) is 16.1. The van der Waals surface area contributed by atoms with E-state index in [4.69, 9.17) is 0 Å². The zero-order chi connectivity index (χ0) is 16.9. The Labute approximate surface area is 152 Å². The number of nitrogens with one attached hydrogen (secondary N) is 1. The van der Waals surface area contributed by atoms with Crippen LogP contribution >= 0.6 is 15.9 Å². The van der Waals surface area contributed by atoms with Crippen molar-refractivity contribution in [3.05, 3.63) is 18.3 Å². The van der Waals surface area contributed by atoms with E-state index in [9.17, 15) is 4.79 Å². The maximum Gasteiger partial charge on any atom is 0.225 e. The molecule has 1 N–H and O–H groups in total. The fourth-order valence-electron chi connectivity index (χ4n) is 5.93. The molecule has 0 spiro atoms. The first-order valence-electron chi connectivity index (χ1n) is 8.98. The van der Waals surface area contributed by atoms with Crippen molar-refractivity contribution in [2.45, 2.75) is 49.3 Å². The molecule has 0 radical (unpaired) electrons. The highest BCUT2D eigenvalue weighted by Crippen LogP contribution is 2.65. The summed E-state index contributed by atoms with van der Waals surface area (Å²) in [4.78, 5) is 19.1. The van der Waals surface area contributed by atoms with Gasteiger partial charge in [0.05, 0.1) is 5.69 Å². The maximum atomic E-state index is 12.8. The first kappa shape index (κ1) is 16.4.